The molecule has 0 radical (unpaired) electrons. The Balaban J connectivity index is 1.50. The van der Waals surface area contributed by atoms with Crippen LogP contribution in [0.2, 0.25) is 0 Å². The van der Waals surface area contributed by atoms with Crippen LogP contribution in [0, 0.1) is 5.92 Å². The quantitative estimate of drug-likeness (QED) is 0.805. The molecule has 0 bridgehead atoms. The minimum Gasteiger partial charge on any atom is -0.495 e. The molecule has 2 aromatic rings. The number of methoxy groups -OCH3 is 1. The van der Waals surface area contributed by atoms with E-state index < -0.39 is 10.0 Å². The molecule has 4 rings (SSSR count). The predicted octanol–water partition coefficient (Wildman–Crippen LogP) is 3.90. The van der Waals surface area contributed by atoms with Crippen molar-refractivity contribution in [1.82, 2.24) is 4.90 Å². The van der Waals surface area contributed by atoms with Crippen molar-refractivity contribution in [2.75, 3.05) is 18.4 Å². The van der Waals surface area contributed by atoms with E-state index in [1.807, 2.05) is 4.90 Å². The summed E-state index contributed by atoms with van der Waals surface area (Å²) >= 11 is 0. The van der Waals surface area contributed by atoms with E-state index in [0.717, 1.165) is 19.4 Å². The summed E-state index contributed by atoms with van der Waals surface area (Å²) in [5.74, 6) is 1.07. The number of ether oxygens (including phenoxy) is 1. The van der Waals surface area contributed by atoms with Gasteiger partial charge in [-0.15, -0.1) is 0 Å². The van der Waals surface area contributed by atoms with Crippen LogP contribution in [0.15, 0.2) is 53.4 Å². The number of likely N-dealkylation sites (tertiary alicyclic amines) is 1. The summed E-state index contributed by atoms with van der Waals surface area (Å²) in [7, 11) is -2.29. The minimum atomic E-state index is -3.78. The third-order valence-corrected chi connectivity index (χ3v) is 7.42. The molecule has 1 amide bonds. The lowest BCUT2D eigenvalue weighted by molar-refractivity contribution is 0.0690. The number of anilines is 1. The Morgan fingerprint density at radius 3 is 2.52 bits per heavy atom. The van der Waals surface area contributed by atoms with Crippen molar-refractivity contribution in [3.05, 3.63) is 54.1 Å². The number of hydrogen-bond donors (Lipinski definition) is 1. The van der Waals surface area contributed by atoms with E-state index in [2.05, 4.69) is 4.72 Å². The Labute approximate surface area is 171 Å². The monoisotopic (exact) mass is 414 g/mol. The average molecular weight is 415 g/mol. The molecule has 29 heavy (non-hydrogen) atoms. The average Bonchev–Trinajstić information content (AvgIpc) is 3.17. The van der Waals surface area contributed by atoms with Crippen molar-refractivity contribution in [1.29, 1.82) is 0 Å². The molecule has 2 unspecified atom stereocenters. The summed E-state index contributed by atoms with van der Waals surface area (Å²) in [5, 5.41) is 0. The first-order valence-corrected chi connectivity index (χ1v) is 11.5. The Morgan fingerprint density at radius 2 is 1.76 bits per heavy atom. The van der Waals surface area contributed by atoms with Crippen molar-refractivity contribution >= 4 is 21.6 Å². The van der Waals surface area contributed by atoms with E-state index in [1.165, 1.54) is 38.5 Å². The van der Waals surface area contributed by atoms with Crippen LogP contribution in [-0.4, -0.2) is 38.9 Å². The molecule has 1 N–H and O–H groups in total. The number of fused-ring (bicyclic) bond motifs is 1. The van der Waals surface area contributed by atoms with Crippen LogP contribution < -0.4 is 9.46 Å². The SMILES string of the molecule is COc1ccccc1NS(=O)(=O)c1ccc(C(=O)N2CCC3CCCCC32)cc1. The summed E-state index contributed by atoms with van der Waals surface area (Å²) < 4.78 is 33.2. The maximum absolute atomic E-state index is 13.0. The lowest BCUT2D eigenvalue weighted by Gasteiger charge is -2.31. The van der Waals surface area contributed by atoms with Gasteiger partial charge in [-0.25, -0.2) is 8.42 Å². The van der Waals surface area contributed by atoms with Crippen molar-refractivity contribution in [3.63, 3.8) is 0 Å². The van der Waals surface area contributed by atoms with E-state index >= 15 is 0 Å². The van der Waals surface area contributed by atoms with Gasteiger partial charge in [0, 0.05) is 18.2 Å². The van der Waals surface area contributed by atoms with Gasteiger partial charge in [0.15, 0.2) is 0 Å². The van der Waals surface area contributed by atoms with Gasteiger partial charge < -0.3 is 9.64 Å². The molecule has 1 heterocycles. The second-order valence-corrected chi connectivity index (χ2v) is 9.41. The van der Waals surface area contributed by atoms with Crippen molar-refractivity contribution in [2.45, 2.75) is 43.0 Å². The number of amides is 1. The summed E-state index contributed by atoms with van der Waals surface area (Å²) in [6, 6.07) is 13.4. The van der Waals surface area contributed by atoms with Crippen molar-refractivity contribution in [3.8, 4) is 5.75 Å². The molecule has 0 aromatic heterocycles. The molecule has 1 aliphatic heterocycles. The molecule has 154 valence electrons. The number of para-hydroxylation sites is 2. The third kappa shape index (κ3) is 3.96. The zero-order chi connectivity index (χ0) is 20.4. The van der Waals surface area contributed by atoms with Gasteiger partial charge in [0.2, 0.25) is 0 Å². The number of nitrogens with one attached hydrogen (secondary N) is 1. The first-order chi connectivity index (χ1) is 14.0. The second kappa shape index (κ2) is 8.06. The summed E-state index contributed by atoms with van der Waals surface area (Å²) in [6.07, 6.45) is 5.79. The van der Waals surface area contributed by atoms with E-state index in [0.29, 0.717) is 29.0 Å². The van der Waals surface area contributed by atoms with Gasteiger partial charge in [-0.2, -0.15) is 0 Å². The molecule has 2 fully saturated rings. The molecule has 1 aliphatic carbocycles. The van der Waals surface area contributed by atoms with Gasteiger partial charge in [-0.3, -0.25) is 9.52 Å². The minimum absolute atomic E-state index is 0.000959. The molecule has 0 spiro atoms. The van der Waals surface area contributed by atoms with Crippen LogP contribution in [0.25, 0.3) is 0 Å². The molecule has 1 saturated heterocycles. The topological polar surface area (TPSA) is 75.7 Å². The number of sulfonamides is 1. The Hall–Kier alpha value is -2.54. The standard InChI is InChI=1S/C22H26N2O4S/c1-28-21-9-5-3-7-19(21)23-29(26,27)18-12-10-17(11-13-18)22(25)24-15-14-16-6-2-4-8-20(16)24/h3,5,7,9-13,16,20,23H,2,4,6,8,14-15H2,1H3. The largest absolute Gasteiger partial charge is 0.495 e. The van der Waals surface area contributed by atoms with Gasteiger partial charge in [0.05, 0.1) is 17.7 Å². The molecular weight excluding hydrogens is 388 g/mol. The van der Waals surface area contributed by atoms with Crippen LogP contribution in [0.4, 0.5) is 5.69 Å². The van der Waals surface area contributed by atoms with Crippen LogP contribution in [-0.2, 0) is 10.0 Å². The maximum Gasteiger partial charge on any atom is 0.262 e. The molecule has 7 heteroatoms. The highest BCUT2D eigenvalue weighted by atomic mass is 32.2. The lowest BCUT2D eigenvalue weighted by Crippen LogP contribution is -2.39. The van der Waals surface area contributed by atoms with Crippen molar-refractivity contribution in [2.24, 2.45) is 5.92 Å². The highest BCUT2D eigenvalue weighted by Gasteiger charge is 2.38. The van der Waals surface area contributed by atoms with Crippen LogP contribution in [0.1, 0.15) is 42.5 Å². The first kappa shape index (κ1) is 19.8. The van der Waals surface area contributed by atoms with E-state index in [-0.39, 0.29) is 10.8 Å². The molecule has 2 aromatic carbocycles. The Kier molecular flexibility index (Phi) is 5.50. The van der Waals surface area contributed by atoms with Gasteiger partial charge in [-0.05, 0) is 61.6 Å². The van der Waals surface area contributed by atoms with Crippen molar-refractivity contribution < 1.29 is 17.9 Å². The summed E-state index contributed by atoms with van der Waals surface area (Å²) in [4.78, 5) is 15.1. The van der Waals surface area contributed by atoms with Gasteiger partial charge in [0.25, 0.3) is 15.9 Å². The maximum atomic E-state index is 13.0. The highest BCUT2D eigenvalue weighted by Crippen LogP contribution is 2.37. The highest BCUT2D eigenvalue weighted by molar-refractivity contribution is 7.92. The van der Waals surface area contributed by atoms with Crippen LogP contribution >= 0.6 is 0 Å². The fraction of sp³-hybridized carbons (Fsp3) is 0.409. The Morgan fingerprint density at radius 1 is 1.03 bits per heavy atom. The molecular formula is C22H26N2O4S. The normalized spacial score (nSPS) is 21.5. The van der Waals surface area contributed by atoms with Crippen LogP contribution in [0.5, 0.6) is 5.75 Å². The molecule has 6 nitrogen and oxygen atoms in total. The lowest BCUT2D eigenvalue weighted by atomic mass is 9.85. The zero-order valence-electron chi connectivity index (χ0n) is 16.5. The van der Waals surface area contributed by atoms with E-state index in [4.69, 9.17) is 4.74 Å². The fourth-order valence-electron chi connectivity index (χ4n) is 4.53. The van der Waals surface area contributed by atoms with E-state index in [9.17, 15) is 13.2 Å². The second-order valence-electron chi connectivity index (χ2n) is 7.73. The zero-order valence-corrected chi connectivity index (χ0v) is 17.3. The number of benzene rings is 2. The number of rotatable bonds is 5. The van der Waals surface area contributed by atoms with Gasteiger partial charge >= 0.3 is 0 Å². The van der Waals surface area contributed by atoms with Crippen LogP contribution in [0.3, 0.4) is 0 Å². The molecule has 2 atom stereocenters. The van der Waals surface area contributed by atoms with Gasteiger partial charge in [-0.1, -0.05) is 25.0 Å². The summed E-state index contributed by atoms with van der Waals surface area (Å²) in [6.45, 7) is 0.795. The predicted molar refractivity (Wildman–Crippen MR) is 112 cm³/mol. The first-order valence-electron chi connectivity index (χ1n) is 10.1. The smallest absolute Gasteiger partial charge is 0.262 e. The number of carbonyl (C=O) groups is 1. The molecule has 2 aliphatic rings. The molecule has 1 saturated carbocycles. The Bertz CT molecular complexity index is 988. The number of carbonyl (C=O) groups excluding carboxylic acids is 1. The van der Waals surface area contributed by atoms with Gasteiger partial charge in [0.1, 0.15) is 5.75 Å². The number of nitrogens with zero attached hydrogens (tertiary/aromatic N) is 1. The third-order valence-electron chi connectivity index (χ3n) is 6.03. The van der Waals surface area contributed by atoms with E-state index in [1.54, 1.807) is 36.4 Å². The number of hydrogen-bond acceptors (Lipinski definition) is 4. The summed E-state index contributed by atoms with van der Waals surface area (Å²) in [5.41, 5.74) is 0.906. The fourth-order valence-corrected chi connectivity index (χ4v) is 5.60.